The number of rotatable bonds is 2. The molecule has 0 spiro atoms. The quantitative estimate of drug-likeness (QED) is 0.834. The number of hydrogen-bond donors (Lipinski definition) is 1. The highest BCUT2D eigenvalue weighted by molar-refractivity contribution is 6.31. The van der Waals surface area contributed by atoms with Crippen LogP contribution in [0.5, 0.6) is 0 Å². The van der Waals surface area contributed by atoms with Gasteiger partial charge in [0.15, 0.2) is 0 Å². The molecular formula is C12H16ClNO. The Kier molecular flexibility index (Phi) is 3.62. The number of hydrogen-bond acceptors (Lipinski definition) is 2. The summed E-state index contributed by atoms with van der Waals surface area (Å²) in [6.45, 7) is 3.83. The molecule has 2 rings (SSSR count). The first kappa shape index (κ1) is 10.9. The van der Waals surface area contributed by atoms with E-state index in [0.29, 0.717) is 6.04 Å². The van der Waals surface area contributed by atoms with Gasteiger partial charge in [0.05, 0.1) is 12.7 Å². The Morgan fingerprint density at radius 3 is 2.93 bits per heavy atom. The van der Waals surface area contributed by atoms with E-state index in [1.165, 1.54) is 5.56 Å². The summed E-state index contributed by atoms with van der Waals surface area (Å²) in [4.78, 5) is 0. The van der Waals surface area contributed by atoms with E-state index in [4.69, 9.17) is 16.3 Å². The molecule has 1 heterocycles. The van der Waals surface area contributed by atoms with Crippen molar-refractivity contribution >= 4 is 11.6 Å². The summed E-state index contributed by atoms with van der Waals surface area (Å²) in [6.07, 6.45) is 1.14. The van der Waals surface area contributed by atoms with Crippen molar-refractivity contribution in [2.75, 3.05) is 13.2 Å². The highest BCUT2D eigenvalue weighted by Crippen LogP contribution is 2.18. The van der Waals surface area contributed by atoms with E-state index < -0.39 is 0 Å². The van der Waals surface area contributed by atoms with Crippen LogP contribution in [0.25, 0.3) is 0 Å². The van der Waals surface area contributed by atoms with E-state index in [9.17, 15) is 0 Å². The molecule has 1 aromatic rings. The smallest absolute Gasteiger partial charge is 0.0741 e. The first-order chi connectivity index (χ1) is 7.25. The third kappa shape index (κ3) is 2.94. The fraction of sp³-hybridized carbons (Fsp3) is 0.500. The monoisotopic (exact) mass is 225 g/mol. The molecule has 0 radical (unpaired) electrons. The van der Waals surface area contributed by atoms with Crippen LogP contribution in [0.4, 0.5) is 0 Å². The molecule has 1 aliphatic rings. The van der Waals surface area contributed by atoms with Gasteiger partial charge in [0, 0.05) is 24.0 Å². The molecule has 1 fully saturated rings. The van der Waals surface area contributed by atoms with Gasteiger partial charge in [0.1, 0.15) is 0 Å². The molecule has 1 aliphatic heterocycles. The van der Waals surface area contributed by atoms with E-state index >= 15 is 0 Å². The molecule has 1 N–H and O–H groups in total. The Hall–Kier alpha value is -0.570. The Morgan fingerprint density at radius 1 is 1.47 bits per heavy atom. The summed E-state index contributed by atoms with van der Waals surface area (Å²) in [5, 5.41) is 4.24. The molecule has 15 heavy (non-hydrogen) atoms. The van der Waals surface area contributed by atoms with Crippen LogP contribution >= 0.6 is 11.6 Å². The van der Waals surface area contributed by atoms with Crippen LogP contribution in [0.1, 0.15) is 12.5 Å². The van der Waals surface area contributed by atoms with Gasteiger partial charge in [-0.3, -0.25) is 0 Å². The Balaban J connectivity index is 1.95. The van der Waals surface area contributed by atoms with Crippen LogP contribution < -0.4 is 5.32 Å². The van der Waals surface area contributed by atoms with Crippen molar-refractivity contribution in [2.45, 2.75) is 25.5 Å². The average Bonchev–Trinajstić information content (AvgIpc) is 2.25. The molecule has 3 heteroatoms. The molecule has 0 amide bonds. The second-order valence-electron chi connectivity index (χ2n) is 4.06. The third-order valence-electron chi connectivity index (χ3n) is 2.68. The van der Waals surface area contributed by atoms with Gasteiger partial charge in [-0.15, -0.1) is 0 Å². The van der Waals surface area contributed by atoms with E-state index in [-0.39, 0.29) is 6.10 Å². The highest BCUT2D eigenvalue weighted by Gasteiger charge is 2.18. The number of nitrogens with one attached hydrogen (secondary N) is 1. The summed E-state index contributed by atoms with van der Waals surface area (Å²) in [6, 6.07) is 8.42. The molecule has 82 valence electrons. The predicted octanol–water partition coefficient (Wildman–Crippen LogP) is 2.26. The van der Waals surface area contributed by atoms with E-state index in [1.807, 2.05) is 18.2 Å². The summed E-state index contributed by atoms with van der Waals surface area (Å²) >= 11 is 6.10. The lowest BCUT2D eigenvalue weighted by Gasteiger charge is -2.28. The summed E-state index contributed by atoms with van der Waals surface area (Å²) in [5.41, 5.74) is 1.17. The maximum absolute atomic E-state index is 6.10. The van der Waals surface area contributed by atoms with Gasteiger partial charge in [-0.1, -0.05) is 29.8 Å². The lowest BCUT2D eigenvalue weighted by atomic mass is 10.1. The molecule has 0 aromatic heterocycles. The minimum atomic E-state index is 0.251. The van der Waals surface area contributed by atoms with Gasteiger partial charge < -0.3 is 10.1 Å². The summed E-state index contributed by atoms with van der Waals surface area (Å²) < 4.78 is 5.73. The molecule has 1 aromatic carbocycles. The zero-order valence-electron chi connectivity index (χ0n) is 8.87. The van der Waals surface area contributed by atoms with Crippen LogP contribution in [-0.2, 0) is 11.2 Å². The lowest BCUT2D eigenvalue weighted by Crippen LogP contribution is -2.45. The van der Waals surface area contributed by atoms with Crippen LogP contribution in [0.15, 0.2) is 24.3 Å². The molecule has 2 nitrogen and oxygen atoms in total. The van der Waals surface area contributed by atoms with Gasteiger partial charge in [-0.2, -0.15) is 0 Å². The average molecular weight is 226 g/mol. The fourth-order valence-corrected chi connectivity index (χ4v) is 1.98. The first-order valence-electron chi connectivity index (χ1n) is 5.34. The van der Waals surface area contributed by atoms with Crippen molar-refractivity contribution in [3.05, 3.63) is 34.9 Å². The second-order valence-corrected chi connectivity index (χ2v) is 4.47. The van der Waals surface area contributed by atoms with Crippen LogP contribution in [0.2, 0.25) is 5.02 Å². The zero-order chi connectivity index (χ0) is 10.7. The van der Waals surface area contributed by atoms with Crippen molar-refractivity contribution < 1.29 is 4.74 Å². The fourth-order valence-electron chi connectivity index (χ4n) is 1.77. The number of benzene rings is 1. The van der Waals surface area contributed by atoms with Crippen molar-refractivity contribution in [3.8, 4) is 0 Å². The Bertz CT molecular complexity index is 321. The van der Waals surface area contributed by atoms with Crippen molar-refractivity contribution in [2.24, 2.45) is 0 Å². The van der Waals surface area contributed by atoms with E-state index in [0.717, 1.165) is 24.6 Å². The molecule has 0 aliphatic carbocycles. The van der Waals surface area contributed by atoms with Crippen LogP contribution in [0, 0.1) is 0 Å². The van der Waals surface area contributed by atoms with Crippen molar-refractivity contribution in [1.29, 1.82) is 0 Å². The Labute approximate surface area is 95.6 Å². The number of morpholine rings is 1. The SMILES string of the molecule is CC1COC(Cc2ccccc2Cl)CN1. The highest BCUT2D eigenvalue weighted by atomic mass is 35.5. The number of halogens is 1. The molecule has 0 saturated carbocycles. The van der Waals surface area contributed by atoms with Gasteiger partial charge in [-0.25, -0.2) is 0 Å². The first-order valence-corrected chi connectivity index (χ1v) is 5.72. The largest absolute Gasteiger partial charge is 0.375 e. The summed E-state index contributed by atoms with van der Waals surface area (Å²) in [5.74, 6) is 0. The lowest BCUT2D eigenvalue weighted by molar-refractivity contribution is 0.00883. The molecule has 0 bridgehead atoms. The minimum Gasteiger partial charge on any atom is -0.375 e. The van der Waals surface area contributed by atoms with E-state index in [1.54, 1.807) is 0 Å². The molecule has 1 saturated heterocycles. The standard InChI is InChI=1S/C12H16ClNO/c1-9-8-15-11(7-14-9)6-10-4-2-3-5-12(10)13/h2-5,9,11,14H,6-8H2,1H3. The third-order valence-corrected chi connectivity index (χ3v) is 3.05. The van der Waals surface area contributed by atoms with Gasteiger partial charge in [0.2, 0.25) is 0 Å². The zero-order valence-corrected chi connectivity index (χ0v) is 9.63. The van der Waals surface area contributed by atoms with Crippen molar-refractivity contribution in [3.63, 3.8) is 0 Å². The van der Waals surface area contributed by atoms with Crippen molar-refractivity contribution in [1.82, 2.24) is 5.32 Å². The van der Waals surface area contributed by atoms with Gasteiger partial charge in [-0.05, 0) is 18.6 Å². The summed E-state index contributed by atoms with van der Waals surface area (Å²) in [7, 11) is 0. The maximum atomic E-state index is 6.10. The Morgan fingerprint density at radius 2 is 2.27 bits per heavy atom. The topological polar surface area (TPSA) is 21.3 Å². The predicted molar refractivity (Wildman–Crippen MR) is 62.4 cm³/mol. The normalized spacial score (nSPS) is 26.5. The molecule has 2 atom stereocenters. The van der Waals surface area contributed by atoms with E-state index in [2.05, 4.69) is 18.3 Å². The van der Waals surface area contributed by atoms with Crippen LogP contribution in [0.3, 0.4) is 0 Å². The maximum Gasteiger partial charge on any atom is 0.0741 e. The van der Waals surface area contributed by atoms with Gasteiger partial charge >= 0.3 is 0 Å². The number of ether oxygens (including phenoxy) is 1. The van der Waals surface area contributed by atoms with Gasteiger partial charge in [0.25, 0.3) is 0 Å². The molecule has 2 unspecified atom stereocenters. The minimum absolute atomic E-state index is 0.251. The second kappa shape index (κ2) is 4.97. The molecular weight excluding hydrogens is 210 g/mol. The van der Waals surface area contributed by atoms with Crippen LogP contribution in [-0.4, -0.2) is 25.3 Å².